The van der Waals surface area contributed by atoms with Gasteiger partial charge in [0.1, 0.15) is 0 Å². The summed E-state index contributed by atoms with van der Waals surface area (Å²) in [4.78, 5) is 0. The van der Waals surface area contributed by atoms with Crippen molar-refractivity contribution in [2.24, 2.45) is 0 Å². The molecule has 6 aromatic rings. The molecule has 0 fully saturated rings. The fourth-order valence-electron chi connectivity index (χ4n) is 5.64. The van der Waals surface area contributed by atoms with E-state index >= 15 is 0 Å². The van der Waals surface area contributed by atoms with Gasteiger partial charge < -0.3 is 24.8 Å². The second-order valence-corrected chi connectivity index (χ2v) is 14.0. The van der Waals surface area contributed by atoms with Crippen molar-refractivity contribution in [3.63, 3.8) is 0 Å². The van der Waals surface area contributed by atoms with Crippen LogP contribution in [-0.2, 0) is 51.4 Å². The zero-order chi connectivity index (χ0) is 34.2. The summed E-state index contributed by atoms with van der Waals surface area (Å²) in [5.74, 6) is 4.56. The summed E-state index contributed by atoms with van der Waals surface area (Å²) in [6.07, 6.45) is -4.40. The molecule has 0 unspecified atom stereocenters. The van der Waals surface area contributed by atoms with E-state index in [1.807, 2.05) is 36.4 Å². The van der Waals surface area contributed by atoms with Gasteiger partial charge in [-0.15, -0.1) is 69.1 Å². The number of hydrogen-bond acceptors (Lipinski definition) is 0. The Morgan fingerprint density at radius 3 is 1.14 bits per heavy atom. The van der Waals surface area contributed by atoms with Gasteiger partial charge >= 0.3 is 65.5 Å². The van der Waals surface area contributed by atoms with Crippen LogP contribution in [0.2, 0.25) is 11.5 Å². The second-order valence-electron chi connectivity index (χ2n) is 11.6. The largest absolute Gasteiger partial charge is 4.00 e. The smallest absolute Gasteiger partial charge is 1.00 e. The SMILES string of the molecule is CCCc1cc2c(-c3ccc(C(F)(F)F)cc3)cccc2[cH-]1.CCCc1cc2c(-c3ccc(C(F)(F)F)cc3)cccc2[cH-]1.[CH3][GeH][CH3].[Cl-].[Cl-].[Zr+4]. The molecule has 10 heteroatoms. The Labute approximate surface area is 329 Å². The van der Waals surface area contributed by atoms with Gasteiger partial charge in [0.25, 0.3) is 0 Å². The number of hydrogen-bond donors (Lipinski definition) is 0. The van der Waals surface area contributed by atoms with Crippen molar-refractivity contribution in [1.82, 2.24) is 0 Å². The Bertz CT molecular complexity index is 1730. The molecule has 50 heavy (non-hydrogen) atoms. The average Bonchev–Trinajstić information content (AvgIpc) is 3.65. The van der Waals surface area contributed by atoms with Crippen molar-refractivity contribution in [2.45, 2.75) is 63.4 Å². The molecule has 0 saturated heterocycles. The quantitative estimate of drug-likeness (QED) is 0.0971. The minimum Gasteiger partial charge on any atom is -1.00 e. The van der Waals surface area contributed by atoms with Crippen LogP contribution >= 0.6 is 0 Å². The molecule has 6 rings (SSSR count). The van der Waals surface area contributed by atoms with Crippen molar-refractivity contribution < 1.29 is 77.4 Å². The van der Waals surface area contributed by atoms with Crippen LogP contribution < -0.4 is 24.8 Å². The van der Waals surface area contributed by atoms with Crippen LogP contribution in [0.5, 0.6) is 0 Å². The van der Waals surface area contributed by atoms with Crippen molar-refractivity contribution in [2.75, 3.05) is 0 Å². The molecule has 0 N–H and O–H groups in total. The van der Waals surface area contributed by atoms with Crippen LogP contribution in [0.25, 0.3) is 43.8 Å². The average molecular weight is 868 g/mol. The zero-order valence-corrected chi connectivity index (χ0v) is 34.7. The van der Waals surface area contributed by atoms with Gasteiger partial charge in [0, 0.05) is 0 Å². The van der Waals surface area contributed by atoms with Gasteiger partial charge in [-0.25, -0.2) is 0 Å². The summed E-state index contributed by atoms with van der Waals surface area (Å²) in [6, 6.07) is 31.3. The van der Waals surface area contributed by atoms with E-state index in [1.165, 1.54) is 11.1 Å². The van der Waals surface area contributed by atoms with E-state index < -0.39 is 23.5 Å². The molecule has 0 aliphatic carbocycles. The van der Waals surface area contributed by atoms with Crippen molar-refractivity contribution in [1.29, 1.82) is 0 Å². The molecule has 0 spiro atoms. The van der Waals surface area contributed by atoms with Crippen LogP contribution in [0.3, 0.4) is 0 Å². The molecule has 0 heterocycles. The molecule has 1 radical (unpaired) electrons. The Kier molecular flexibility index (Phi) is 18.9. The summed E-state index contributed by atoms with van der Waals surface area (Å²) in [5.41, 5.74) is 4.91. The predicted octanol–water partition coefficient (Wildman–Crippen LogP) is 6.92. The van der Waals surface area contributed by atoms with Gasteiger partial charge in [-0.05, 0) is 48.2 Å². The normalized spacial score (nSPS) is 10.9. The van der Waals surface area contributed by atoms with Crippen molar-refractivity contribution >= 4 is 37.0 Å². The number of fused-ring (bicyclic) bond motifs is 2. The molecule has 6 aromatic carbocycles. The number of halogens is 8. The first-order valence-corrected chi connectivity index (χ1v) is 20.7. The number of aryl methyl sites for hydroxylation is 2. The molecular weight excluding hydrogens is 829 g/mol. The Balaban J connectivity index is 0.000000439. The molecule has 0 atom stereocenters. The molecular formula is C40H39Cl2F6GeZr. The maximum Gasteiger partial charge on any atom is 4.00 e. The molecule has 0 aliphatic heterocycles. The van der Waals surface area contributed by atoms with Crippen LogP contribution in [-0.4, -0.2) is 15.4 Å². The van der Waals surface area contributed by atoms with E-state index in [0.717, 1.165) is 93.7 Å². The molecule has 0 amide bonds. The van der Waals surface area contributed by atoms with Gasteiger partial charge in [-0.1, -0.05) is 74.2 Å². The van der Waals surface area contributed by atoms with Crippen LogP contribution in [0.4, 0.5) is 26.3 Å². The summed E-state index contributed by atoms with van der Waals surface area (Å²) in [6.45, 7) is 4.27. The van der Waals surface area contributed by atoms with E-state index in [2.05, 4.69) is 49.6 Å². The zero-order valence-electron chi connectivity index (χ0n) is 28.3. The second kappa shape index (κ2) is 20.7. The summed E-state index contributed by atoms with van der Waals surface area (Å²) in [5, 5.41) is 4.48. The van der Waals surface area contributed by atoms with Gasteiger partial charge in [-0.2, -0.15) is 38.5 Å². The summed E-state index contributed by atoms with van der Waals surface area (Å²) < 4.78 is 76.0. The van der Waals surface area contributed by atoms with E-state index in [-0.39, 0.29) is 51.0 Å². The van der Waals surface area contributed by atoms with E-state index in [4.69, 9.17) is 0 Å². The number of rotatable bonds is 6. The van der Waals surface area contributed by atoms with E-state index in [1.54, 1.807) is 24.3 Å². The third kappa shape index (κ3) is 11.9. The van der Waals surface area contributed by atoms with Gasteiger partial charge in [-0.3, -0.25) is 0 Å². The van der Waals surface area contributed by atoms with Crippen LogP contribution in [0, 0.1) is 0 Å². The van der Waals surface area contributed by atoms with Crippen LogP contribution in [0.1, 0.15) is 48.9 Å². The molecule has 0 aliphatic rings. The minimum atomic E-state index is -4.29. The van der Waals surface area contributed by atoms with Crippen molar-refractivity contribution in [3.8, 4) is 22.3 Å². The third-order valence-electron chi connectivity index (χ3n) is 7.74. The fourth-order valence-corrected chi connectivity index (χ4v) is 5.64. The first-order valence-electron chi connectivity index (χ1n) is 15.9. The summed E-state index contributed by atoms with van der Waals surface area (Å²) in [7, 11) is 0. The maximum atomic E-state index is 12.7. The van der Waals surface area contributed by atoms with Gasteiger partial charge in [0.2, 0.25) is 0 Å². The fraction of sp³-hybridized carbons (Fsp3) is 0.250. The van der Waals surface area contributed by atoms with E-state index in [0.29, 0.717) is 15.4 Å². The summed E-state index contributed by atoms with van der Waals surface area (Å²) >= 11 is 0.312. The Morgan fingerprint density at radius 1 is 0.540 bits per heavy atom. The van der Waals surface area contributed by atoms with Gasteiger partial charge in [0.15, 0.2) is 0 Å². The van der Waals surface area contributed by atoms with Crippen LogP contribution in [0.15, 0.2) is 109 Å². The first kappa shape index (κ1) is 45.7. The molecule has 0 nitrogen and oxygen atoms in total. The van der Waals surface area contributed by atoms with Crippen molar-refractivity contribution in [3.05, 3.63) is 131 Å². The van der Waals surface area contributed by atoms with E-state index in [9.17, 15) is 26.3 Å². The Hall–Kier alpha value is -2.31. The maximum absolute atomic E-state index is 12.7. The standard InChI is InChI=1S/2C19H16F3.C2H7Ge.2ClH.Zr/c2*1-2-4-13-11-15-5-3-6-17(18(15)12-13)14-7-9-16(10-8-14)19(20,21)22;1-3-2;;;/h2*3,5-12H,2,4H2,1H3;3H,1-2H3;2*1H;/q2*-1;;;;+4/p-2. The van der Waals surface area contributed by atoms with Gasteiger partial charge in [0.05, 0.1) is 11.1 Å². The predicted molar refractivity (Wildman–Crippen MR) is 187 cm³/mol. The molecule has 263 valence electrons. The minimum absolute atomic E-state index is 0. The molecule has 0 saturated carbocycles. The number of alkyl halides is 6. The topological polar surface area (TPSA) is 0 Å². The first-order chi connectivity index (χ1) is 22.4. The third-order valence-corrected chi connectivity index (χ3v) is 7.74. The monoisotopic (exact) mass is 867 g/mol. The Morgan fingerprint density at radius 2 is 0.860 bits per heavy atom. The molecule has 0 aromatic heterocycles. The number of benzene rings is 4. The molecule has 0 bridgehead atoms.